The van der Waals surface area contributed by atoms with Crippen LogP contribution in [0, 0.1) is 44.3 Å². The maximum Gasteiger partial charge on any atom is 0.316 e. The van der Waals surface area contributed by atoms with E-state index >= 15 is 0 Å². The van der Waals surface area contributed by atoms with E-state index in [0.717, 1.165) is 36.8 Å². The molecule has 1 saturated heterocycles. The third kappa shape index (κ3) is 4.18. The monoisotopic (exact) mass is 618 g/mol. The smallest absolute Gasteiger partial charge is 0.316 e. The van der Waals surface area contributed by atoms with Crippen LogP contribution in [0.3, 0.4) is 0 Å². The van der Waals surface area contributed by atoms with E-state index in [-0.39, 0.29) is 41.3 Å². The van der Waals surface area contributed by atoms with Crippen LogP contribution < -0.4 is 0 Å². The van der Waals surface area contributed by atoms with Gasteiger partial charge in [-0.15, -0.1) is 0 Å². The van der Waals surface area contributed by atoms with Crippen molar-refractivity contribution in [1.29, 1.82) is 0 Å². The van der Waals surface area contributed by atoms with Gasteiger partial charge in [0.1, 0.15) is 23.7 Å². The standard InChI is InChI=1S/C35H54O9/c1-30(2)13-14-35(29(41)42)20(15-30)19-7-8-23-31(3)11-10-25(44-28-27(40)26(39)21(37)17-43-28)32(4,18-36)22(31)9-12-33(23,5)34(19,6)16-24(35)38/h7-8,21-28,36-40H,9-18H2,1-6H3,(H,41,42)/t21-,22+,23+,24+,25-,26-,27+,28-,31-,32-,33+,34+,35+/m0/s1. The first-order valence-electron chi connectivity index (χ1n) is 16.7. The predicted molar refractivity (Wildman–Crippen MR) is 162 cm³/mol. The highest BCUT2D eigenvalue weighted by Gasteiger charge is 2.69. The highest BCUT2D eigenvalue weighted by Crippen LogP contribution is 2.74. The molecule has 9 heteroatoms. The van der Waals surface area contributed by atoms with Gasteiger partial charge in [0.25, 0.3) is 0 Å². The Bertz CT molecular complexity index is 1240. The van der Waals surface area contributed by atoms with Crippen LogP contribution in [0.1, 0.15) is 92.9 Å². The minimum Gasteiger partial charge on any atom is -0.481 e. The molecule has 9 nitrogen and oxygen atoms in total. The van der Waals surface area contributed by atoms with Crippen LogP contribution in [0.4, 0.5) is 0 Å². The zero-order chi connectivity index (χ0) is 32.3. The summed E-state index contributed by atoms with van der Waals surface area (Å²) in [6.45, 7) is 13.1. The molecule has 0 aromatic rings. The summed E-state index contributed by atoms with van der Waals surface area (Å²) < 4.78 is 11.9. The van der Waals surface area contributed by atoms with Gasteiger partial charge in [0, 0.05) is 10.8 Å². The van der Waals surface area contributed by atoms with Crippen LogP contribution in [-0.2, 0) is 14.3 Å². The summed E-state index contributed by atoms with van der Waals surface area (Å²) in [5, 5.41) is 64.1. The molecule has 6 rings (SSSR count). The molecule has 0 bridgehead atoms. The molecular formula is C35H54O9. The Hall–Kier alpha value is -1.33. The number of carboxylic acid groups (broad SMARTS) is 1. The number of allylic oxidation sites excluding steroid dienone is 3. The minimum absolute atomic E-state index is 0.0421. The number of aliphatic hydroxyl groups is 5. The lowest BCUT2D eigenvalue weighted by atomic mass is 9.35. The summed E-state index contributed by atoms with van der Waals surface area (Å²) in [5.41, 5.74) is -0.758. The lowest BCUT2D eigenvalue weighted by molar-refractivity contribution is -0.311. The average Bonchev–Trinajstić information content (AvgIpc) is 2.94. The van der Waals surface area contributed by atoms with Gasteiger partial charge >= 0.3 is 5.97 Å². The predicted octanol–water partition coefficient (Wildman–Crippen LogP) is 3.56. The molecule has 0 radical (unpaired) electrons. The maximum absolute atomic E-state index is 12.9. The van der Waals surface area contributed by atoms with Crippen LogP contribution in [0.25, 0.3) is 0 Å². The second-order valence-electron chi connectivity index (χ2n) is 17.0. The summed E-state index contributed by atoms with van der Waals surface area (Å²) in [6, 6.07) is 0. The third-order valence-corrected chi connectivity index (χ3v) is 14.3. The maximum atomic E-state index is 12.9. The molecule has 0 aromatic carbocycles. The van der Waals surface area contributed by atoms with Crippen LogP contribution in [0.2, 0.25) is 0 Å². The number of ether oxygens (including phenoxy) is 2. The van der Waals surface area contributed by atoms with Gasteiger partial charge in [-0.3, -0.25) is 4.79 Å². The molecule has 1 heterocycles. The van der Waals surface area contributed by atoms with Gasteiger partial charge in [0.05, 0.1) is 25.4 Å². The molecule has 44 heavy (non-hydrogen) atoms. The Balaban J connectivity index is 1.38. The molecule has 6 N–H and O–H groups in total. The van der Waals surface area contributed by atoms with E-state index in [1.54, 1.807) is 0 Å². The van der Waals surface area contributed by atoms with Crippen molar-refractivity contribution < 1.29 is 44.9 Å². The second kappa shape index (κ2) is 10.3. The minimum atomic E-state index is -1.39. The molecule has 4 fully saturated rings. The van der Waals surface area contributed by atoms with E-state index in [0.29, 0.717) is 25.7 Å². The van der Waals surface area contributed by atoms with E-state index < -0.39 is 59.0 Å². The van der Waals surface area contributed by atoms with Crippen molar-refractivity contribution in [2.24, 2.45) is 44.3 Å². The van der Waals surface area contributed by atoms with Crippen LogP contribution >= 0.6 is 0 Å². The van der Waals surface area contributed by atoms with Crippen molar-refractivity contribution in [2.45, 2.75) is 130 Å². The van der Waals surface area contributed by atoms with Gasteiger partial charge in [-0.1, -0.05) is 53.7 Å². The topological polar surface area (TPSA) is 157 Å². The third-order valence-electron chi connectivity index (χ3n) is 14.3. The highest BCUT2D eigenvalue weighted by molar-refractivity contribution is 5.81. The lowest BCUT2D eigenvalue weighted by Crippen LogP contribution is -2.66. The van der Waals surface area contributed by atoms with Crippen molar-refractivity contribution in [2.75, 3.05) is 13.2 Å². The first-order chi connectivity index (χ1) is 20.4. The fraction of sp³-hybridized carbons (Fsp3) is 0.857. The second-order valence-corrected chi connectivity index (χ2v) is 17.0. The molecule has 0 amide bonds. The van der Waals surface area contributed by atoms with Crippen LogP contribution in [-0.4, -0.2) is 86.6 Å². The Morgan fingerprint density at radius 2 is 1.68 bits per heavy atom. The fourth-order valence-corrected chi connectivity index (χ4v) is 11.3. The summed E-state index contributed by atoms with van der Waals surface area (Å²) in [4.78, 5) is 12.9. The molecular weight excluding hydrogens is 564 g/mol. The van der Waals surface area contributed by atoms with Crippen molar-refractivity contribution in [3.05, 3.63) is 23.3 Å². The Morgan fingerprint density at radius 3 is 2.34 bits per heavy atom. The zero-order valence-corrected chi connectivity index (χ0v) is 27.3. The summed E-state index contributed by atoms with van der Waals surface area (Å²) in [5.74, 6) is -0.701. The first-order valence-corrected chi connectivity index (χ1v) is 16.7. The van der Waals surface area contributed by atoms with E-state index in [1.807, 2.05) is 0 Å². The van der Waals surface area contributed by atoms with Gasteiger partial charge in [-0.05, 0) is 90.6 Å². The molecule has 248 valence electrons. The van der Waals surface area contributed by atoms with Crippen molar-refractivity contribution >= 4 is 5.97 Å². The molecule has 13 atom stereocenters. The van der Waals surface area contributed by atoms with Gasteiger partial charge in [0.2, 0.25) is 0 Å². The quantitative estimate of drug-likeness (QED) is 0.259. The van der Waals surface area contributed by atoms with Gasteiger partial charge < -0.3 is 40.1 Å². The summed E-state index contributed by atoms with van der Waals surface area (Å²) in [7, 11) is 0. The van der Waals surface area contributed by atoms with E-state index in [1.165, 1.54) is 0 Å². The molecule has 5 aliphatic carbocycles. The molecule has 3 saturated carbocycles. The number of aliphatic carboxylic acids is 1. The Labute approximate surface area is 261 Å². The van der Waals surface area contributed by atoms with E-state index in [2.05, 4.69) is 53.7 Å². The number of aliphatic hydroxyl groups excluding tert-OH is 5. The summed E-state index contributed by atoms with van der Waals surface area (Å²) >= 11 is 0. The molecule has 6 aliphatic rings. The van der Waals surface area contributed by atoms with Gasteiger partial charge in [0.15, 0.2) is 6.29 Å². The number of rotatable bonds is 4. The highest BCUT2D eigenvalue weighted by atomic mass is 16.7. The normalized spacial score (nSPS) is 53.2. The van der Waals surface area contributed by atoms with Gasteiger partial charge in [-0.25, -0.2) is 0 Å². The Morgan fingerprint density at radius 1 is 0.977 bits per heavy atom. The average molecular weight is 619 g/mol. The lowest BCUT2D eigenvalue weighted by Gasteiger charge is -2.70. The zero-order valence-electron chi connectivity index (χ0n) is 27.3. The van der Waals surface area contributed by atoms with Crippen molar-refractivity contribution in [3.8, 4) is 0 Å². The van der Waals surface area contributed by atoms with Gasteiger partial charge in [-0.2, -0.15) is 0 Å². The molecule has 0 aromatic heterocycles. The van der Waals surface area contributed by atoms with Crippen LogP contribution in [0.5, 0.6) is 0 Å². The molecule has 0 unspecified atom stereocenters. The van der Waals surface area contributed by atoms with Crippen molar-refractivity contribution in [1.82, 2.24) is 0 Å². The largest absolute Gasteiger partial charge is 0.481 e. The number of carboxylic acids is 1. The number of hydrogen-bond acceptors (Lipinski definition) is 8. The van der Waals surface area contributed by atoms with Crippen LogP contribution in [0.15, 0.2) is 23.3 Å². The number of fused-ring (bicyclic) bond motifs is 6. The molecule has 0 spiro atoms. The van der Waals surface area contributed by atoms with E-state index in [9.17, 15) is 35.4 Å². The summed E-state index contributed by atoms with van der Waals surface area (Å²) in [6.07, 6.45) is 3.51. The Kier molecular flexibility index (Phi) is 7.66. The fourth-order valence-electron chi connectivity index (χ4n) is 11.3. The van der Waals surface area contributed by atoms with E-state index in [4.69, 9.17) is 9.47 Å². The SMILES string of the molecule is CC1(C)CC[C@@]2(C(=O)O)C(=C3C=C[C@@H]4[C@@]5(C)CC[C@H](O[C@@H]6OC[C@H](O)[C@H](O)[C@H]6O)[C@@](C)(CO)[C@@H]5CC[C@@]4(C)[C@]3(C)C[C@H]2O)C1. The molecule has 1 aliphatic heterocycles. The number of carbonyl (C=O) groups is 1. The number of hydrogen-bond donors (Lipinski definition) is 6. The first kappa shape index (κ1) is 32.6. The van der Waals surface area contributed by atoms with Crippen molar-refractivity contribution in [3.63, 3.8) is 0 Å².